The van der Waals surface area contributed by atoms with E-state index in [1.165, 1.54) is 88.3 Å². The molecular weight excluding hydrogens is 717 g/mol. The van der Waals surface area contributed by atoms with Crippen molar-refractivity contribution >= 4 is 65.4 Å². The fourth-order valence-corrected chi connectivity index (χ4v) is 11.1. The van der Waals surface area contributed by atoms with Crippen molar-refractivity contribution in [2.75, 3.05) is 0 Å². The average Bonchev–Trinajstić information content (AvgIpc) is 4.02. The fraction of sp³-hybridized carbons (Fsp3) is 0.0175. The monoisotopic (exact) mass is 748 g/mol. The second-order valence-corrected chi connectivity index (χ2v) is 16.3. The van der Waals surface area contributed by atoms with E-state index in [4.69, 9.17) is 8.83 Å². The Kier molecular flexibility index (Phi) is 5.99. The maximum Gasteiger partial charge on any atom is 0.136 e. The van der Waals surface area contributed by atoms with Crippen LogP contribution in [0.3, 0.4) is 0 Å². The number of para-hydroxylation sites is 1. The van der Waals surface area contributed by atoms with Crippen molar-refractivity contribution in [3.63, 3.8) is 0 Å². The molecule has 2 aliphatic carbocycles. The lowest BCUT2D eigenvalue weighted by molar-refractivity contribution is 0.669. The first-order chi connectivity index (χ1) is 29.2. The van der Waals surface area contributed by atoms with Gasteiger partial charge in [-0.05, 0) is 137 Å². The van der Waals surface area contributed by atoms with E-state index < -0.39 is 5.41 Å². The van der Waals surface area contributed by atoms with Gasteiger partial charge in [0.15, 0.2) is 0 Å². The largest absolute Gasteiger partial charge is 0.456 e. The lowest BCUT2D eigenvalue weighted by Crippen LogP contribution is -2.26. The van der Waals surface area contributed by atoms with Crippen molar-refractivity contribution in [2.24, 2.45) is 0 Å². The van der Waals surface area contributed by atoms with E-state index in [1.807, 2.05) is 6.07 Å². The van der Waals surface area contributed by atoms with Crippen LogP contribution in [0.25, 0.3) is 110 Å². The summed E-state index contributed by atoms with van der Waals surface area (Å²) in [6, 6.07) is 71.5. The van der Waals surface area contributed by atoms with Gasteiger partial charge >= 0.3 is 0 Å². The molecule has 0 atom stereocenters. The molecule has 2 heteroatoms. The van der Waals surface area contributed by atoms with Crippen molar-refractivity contribution in [2.45, 2.75) is 5.41 Å². The lowest BCUT2D eigenvalue weighted by atomic mass is 9.69. The van der Waals surface area contributed by atoms with E-state index in [0.29, 0.717) is 0 Å². The summed E-state index contributed by atoms with van der Waals surface area (Å²) in [6.07, 6.45) is 0. The smallest absolute Gasteiger partial charge is 0.136 e. The number of fused-ring (bicyclic) bond motifs is 19. The van der Waals surface area contributed by atoms with E-state index in [-0.39, 0.29) is 0 Å². The molecule has 0 N–H and O–H groups in total. The van der Waals surface area contributed by atoms with Gasteiger partial charge in [0.05, 0.1) is 5.41 Å². The van der Waals surface area contributed by atoms with Gasteiger partial charge in [-0.2, -0.15) is 0 Å². The molecule has 0 bridgehead atoms. The second kappa shape index (κ2) is 11.2. The quantitative estimate of drug-likeness (QED) is 0.176. The van der Waals surface area contributed by atoms with Crippen LogP contribution in [0, 0.1) is 0 Å². The average molecular weight is 749 g/mol. The molecule has 1 spiro atoms. The topological polar surface area (TPSA) is 26.3 Å². The van der Waals surface area contributed by atoms with Gasteiger partial charge in [-0.15, -0.1) is 0 Å². The predicted molar refractivity (Wildman–Crippen MR) is 243 cm³/mol. The Hall–Kier alpha value is -7.68. The van der Waals surface area contributed by atoms with Gasteiger partial charge in [0.25, 0.3) is 0 Å². The van der Waals surface area contributed by atoms with Crippen LogP contribution >= 0.6 is 0 Å². The molecule has 2 aliphatic rings. The van der Waals surface area contributed by atoms with Crippen LogP contribution in [0.4, 0.5) is 0 Å². The zero-order valence-electron chi connectivity index (χ0n) is 31.8. The third-order valence-corrected chi connectivity index (χ3v) is 13.4. The highest BCUT2D eigenvalue weighted by atomic mass is 16.3. The summed E-state index contributed by atoms with van der Waals surface area (Å²) in [7, 11) is 0. The van der Waals surface area contributed by atoms with Crippen LogP contribution in [0.1, 0.15) is 22.3 Å². The van der Waals surface area contributed by atoms with Crippen LogP contribution in [-0.2, 0) is 5.41 Å². The van der Waals surface area contributed by atoms with Crippen LogP contribution in [0.2, 0.25) is 0 Å². The molecule has 0 saturated heterocycles. The molecular formula is C57H32O2. The Balaban J connectivity index is 1.12. The summed E-state index contributed by atoms with van der Waals surface area (Å²) in [4.78, 5) is 0. The Morgan fingerprint density at radius 2 is 0.915 bits per heavy atom. The Morgan fingerprint density at radius 3 is 1.75 bits per heavy atom. The first-order valence-corrected chi connectivity index (χ1v) is 20.4. The molecule has 272 valence electrons. The molecule has 0 radical (unpaired) electrons. The van der Waals surface area contributed by atoms with E-state index in [1.54, 1.807) is 0 Å². The van der Waals surface area contributed by atoms with Gasteiger partial charge in [0, 0.05) is 21.5 Å². The molecule has 0 amide bonds. The van der Waals surface area contributed by atoms with Crippen LogP contribution < -0.4 is 0 Å². The molecule has 59 heavy (non-hydrogen) atoms. The van der Waals surface area contributed by atoms with Crippen molar-refractivity contribution in [3.8, 4) is 44.5 Å². The van der Waals surface area contributed by atoms with E-state index in [9.17, 15) is 0 Å². The fourth-order valence-electron chi connectivity index (χ4n) is 11.1. The van der Waals surface area contributed by atoms with Crippen LogP contribution in [0.15, 0.2) is 203 Å². The van der Waals surface area contributed by atoms with E-state index in [0.717, 1.165) is 43.9 Å². The highest BCUT2D eigenvalue weighted by Crippen LogP contribution is 2.66. The normalized spacial score (nSPS) is 13.6. The summed E-state index contributed by atoms with van der Waals surface area (Å²) in [5, 5.41) is 9.45. The molecule has 0 aliphatic heterocycles. The molecule has 12 aromatic rings. The van der Waals surface area contributed by atoms with Gasteiger partial charge in [-0.25, -0.2) is 0 Å². The van der Waals surface area contributed by atoms with Gasteiger partial charge in [-0.1, -0.05) is 146 Å². The SMILES string of the molecule is c1ccc2c(c1)-c1ccccc1C21c2cc(-c3cccc4oc5cc6ccccc6cc5c34)ccc2-c2c(-c3ccc4oc5ccccc5c4c3)cc3ccccc3c21. The van der Waals surface area contributed by atoms with Crippen molar-refractivity contribution in [3.05, 3.63) is 216 Å². The summed E-state index contributed by atoms with van der Waals surface area (Å²) in [5.74, 6) is 0. The zero-order valence-corrected chi connectivity index (χ0v) is 31.8. The van der Waals surface area contributed by atoms with E-state index >= 15 is 0 Å². The van der Waals surface area contributed by atoms with Crippen molar-refractivity contribution < 1.29 is 8.83 Å². The molecule has 10 aromatic carbocycles. The molecule has 0 saturated carbocycles. The van der Waals surface area contributed by atoms with E-state index in [2.05, 4.69) is 188 Å². The zero-order chi connectivity index (χ0) is 38.4. The minimum Gasteiger partial charge on any atom is -0.456 e. The van der Waals surface area contributed by atoms with Crippen LogP contribution in [-0.4, -0.2) is 0 Å². The second-order valence-electron chi connectivity index (χ2n) is 16.3. The first-order valence-electron chi connectivity index (χ1n) is 20.4. The highest BCUT2D eigenvalue weighted by Gasteiger charge is 2.53. The van der Waals surface area contributed by atoms with Crippen molar-refractivity contribution in [1.82, 2.24) is 0 Å². The molecule has 14 rings (SSSR count). The number of benzene rings is 10. The first kappa shape index (κ1) is 31.4. The number of furan rings is 2. The third kappa shape index (κ3) is 4.00. The molecule has 2 nitrogen and oxygen atoms in total. The predicted octanol–water partition coefficient (Wildman–Crippen LogP) is 15.5. The van der Waals surface area contributed by atoms with Gasteiger partial charge in [-0.3, -0.25) is 0 Å². The number of hydrogen-bond acceptors (Lipinski definition) is 2. The molecule has 2 heterocycles. The van der Waals surface area contributed by atoms with Crippen molar-refractivity contribution in [1.29, 1.82) is 0 Å². The third-order valence-electron chi connectivity index (χ3n) is 13.4. The Bertz CT molecular complexity index is 3750. The lowest BCUT2D eigenvalue weighted by Gasteiger charge is -2.32. The summed E-state index contributed by atoms with van der Waals surface area (Å²) in [6.45, 7) is 0. The van der Waals surface area contributed by atoms with Gasteiger partial charge in [0.2, 0.25) is 0 Å². The van der Waals surface area contributed by atoms with Crippen LogP contribution in [0.5, 0.6) is 0 Å². The highest BCUT2D eigenvalue weighted by molar-refractivity contribution is 6.17. The maximum atomic E-state index is 6.61. The van der Waals surface area contributed by atoms with Gasteiger partial charge in [0.1, 0.15) is 22.3 Å². The maximum absolute atomic E-state index is 6.61. The minimum atomic E-state index is -0.557. The summed E-state index contributed by atoms with van der Waals surface area (Å²) >= 11 is 0. The Labute approximate surface area is 339 Å². The standard InChI is InChI=1S/C57H32O2/c1-2-13-34-32-53-46(28-33(34)12-1)54-38(19-11-23-52(54)59-53)37-24-26-43-49(31-37)57(47-20-8-5-16-40(47)41-17-6-9-21-48(41)57)56-39-15-4-3-14-35(39)29-44(55(43)56)36-25-27-51-45(30-36)42-18-7-10-22-50(42)58-51/h1-32H. The Morgan fingerprint density at radius 1 is 0.305 bits per heavy atom. The van der Waals surface area contributed by atoms with Gasteiger partial charge < -0.3 is 8.83 Å². The number of hydrogen-bond donors (Lipinski definition) is 0. The summed E-state index contributed by atoms with van der Waals surface area (Å²) < 4.78 is 12.9. The molecule has 0 fully saturated rings. The minimum absolute atomic E-state index is 0.557. The summed E-state index contributed by atoms with van der Waals surface area (Å²) in [5.41, 5.74) is 18.3. The molecule has 2 aromatic heterocycles. The number of rotatable bonds is 2. The molecule has 0 unspecified atom stereocenters.